The highest BCUT2D eigenvalue weighted by Crippen LogP contribution is 2.11. The lowest BCUT2D eigenvalue weighted by Gasteiger charge is -2.12. The van der Waals surface area contributed by atoms with Crippen molar-refractivity contribution in [2.24, 2.45) is 5.92 Å². The molecule has 0 aliphatic rings. The van der Waals surface area contributed by atoms with Crippen molar-refractivity contribution in [3.8, 4) is 0 Å². The van der Waals surface area contributed by atoms with E-state index in [1.807, 2.05) is 18.5 Å². The molecule has 0 saturated heterocycles. The summed E-state index contributed by atoms with van der Waals surface area (Å²) in [4.78, 5) is 10.4. The molecule has 0 N–H and O–H groups in total. The Kier molecular flexibility index (Phi) is 3.74. The van der Waals surface area contributed by atoms with Crippen molar-refractivity contribution >= 4 is 6.29 Å². The monoisotopic (exact) mass is 179 g/mol. The number of nitrogens with zero attached hydrogens (tertiary/aromatic N) is 1. The summed E-state index contributed by atoms with van der Waals surface area (Å²) in [7, 11) is 0. The second-order valence-corrected chi connectivity index (χ2v) is 3.44. The van der Waals surface area contributed by atoms with Gasteiger partial charge < -0.3 is 4.57 Å². The molecule has 1 heterocycles. The third-order valence-corrected chi connectivity index (χ3v) is 2.53. The van der Waals surface area contributed by atoms with Crippen LogP contribution in [0.25, 0.3) is 0 Å². The predicted molar refractivity (Wildman–Crippen MR) is 53.9 cm³/mol. The van der Waals surface area contributed by atoms with E-state index in [4.69, 9.17) is 0 Å². The van der Waals surface area contributed by atoms with Gasteiger partial charge in [0.15, 0.2) is 6.29 Å². The van der Waals surface area contributed by atoms with E-state index in [2.05, 4.69) is 18.4 Å². The zero-order chi connectivity index (χ0) is 9.68. The molecule has 0 amide bonds. The maximum absolute atomic E-state index is 10.4. The van der Waals surface area contributed by atoms with Gasteiger partial charge in [0.2, 0.25) is 0 Å². The summed E-state index contributed by atoms with van der Waals surface area (Å²) in [6.45, 7) is 5.44. The minimum absolute atomic E-state index is 0.729. The Balaban J connectivity index is 2.57. The van der Waals surface area contributed by atoms with Gasteiger partial charge in [-0.25, -0.2) is 0 Å². The number of aldehydes is 1. The van der Waals surface area contributed by atoms with E-state index >= 15 is 0 Å². The van der Waals surface area contributed by atoms with Gasteiger partial charge in [-0.3, -0.25) is 4.79 Å². The Bertz CT molecular complexity index is 261. The van der Waals surface area contributed by atoms with Gasteiger partial charge in [-0.05, 0) is 12.0 Å². The number of hydrogen-bond acceptors (Lipinski definition) is 1. The zero-order valence-electron chi connectivity index (χ0n) is 8.36. The summed E-state index contributed by atoms with van der Waals surface area (Å²) in [6, 6.07) is 1.86. The molecule has 0 bridgehead atoms. The first-order valence-electron chi connectivity index (χ1n) is 4.91. The molecule has 72 valence electrons. The quantitative estimate of drug-likeness (QED) is 0.637. The fourth-order valence-electron chi connectivity index (χ4n) is 1.49. The first-order valence-corrected chi connectivity index (χ1v) is 4.91. The normalized spacial score (nSPS) is 10.7. The lowest BCUT2D eigenvalue weighted by atomic mass is 10.0. The summed E-state index contributed by atoms with van der Waals surface area (Å²) in [5.74, 6) is 0.729. The van der Waals surface area contributed by atoms with Gasteiger partial charge in [0.25, 0.3) is 0 Å². The molecule has 0 spiro atoms. The third kappa shape index (κ3) is 2.72. The first kappa shape index (κ1) is 10.0. The van der Waals surface area contributed by atoms with Crippen LogP contribution in [0.1, 0.15) is 37.0 Å². The Morgan fingerprint density at radius 3 is 2.62 bits per heavy atom. The third-order valence-electron chi connectivity index (χ3n) is 2.53. The van der Waals surface area contributed by atoms with Crippen molar-refractivity contribution in [2.45, 2.75) is 33.2 Å². The van der Waals surface area contributed by atoms with Crippen LogP contribution in [0.4, 0.5) is 0 Å². The SMILES string of the molecule is CCC(CC)Cn1ccc(C=O)c1. The number of rotatable bonds is 5. The van der Waals surface area contributed by atoms with Crippen LogP contribution in [0, 0.1) is 5.92 Å². The van der Waals surface area contributed by atoms with Gasteiger partial charge in [0, 0.05) is 24.5 Å². The predicted octanol–water partition coefficient (Wildman–Crippen LogP) is 2.74. The summed E-state index contributed by atoms with van der Waals surface area (Å²) >= 11 is 0. The van der Waals surface area contributed by atoms with E-state index in [1.165, 1.54) is 12.8 Å². The van der Waals surface area contributed by atoms with Crippen LogP contribution in [0.3, 0.4) is 0 Å². The minimum atomic E-state index is 0.729. The van der Waals surface area contributed by atoms with Gasteiger partial charge >= 0.3 is 0 Å². The van der Waals surface area contributed by atoms with E-state index in [0.29, 0.717) is 0 Å². The molecule has 2 nitrogen and oxygen atoms in total. The molecule has 2 heteroatoms. The highest BCUT2D eigenvalue weighted by molar-refractivity contribution is 5.74. The number of carbonyl (C=O) groups excluding carboxylic acids is 1. The topological polar surface area (TPSA) is 22.0 Å². The van der Waals surface area contributed by atoms with Crippen LogP contribution >= 0.6 is 0 Å². The average Bonchev–Trinajstić information content (AvgIpc) is 2.61. The fraction of sp³-hybridized carbons (Fsp3) is 0.545. The summed E-state index contributed by atoms with van der Waals surface area (Å²) in [5, 5.41) is 0. The Labute approximate surface area is 79.6 Å². The summed E-state index contributed by atoms with van der Waals surface area (Å²) in [5.41, 5.74) is 0.769. The fourth-order valence-corrected chi connectivity index (χ4v) is 1.49. The van der Waals surface area contributed by atoms with Crippen LogP contribution in [0.2, 0.25) is 0 Å². The highest BCUT2D eigenvalue weighted by atomic mass is 16.1. The smallest absolute Gasteiger partial charge is 0.151 e. The standard InChI is InChI=1S/C11H17NO/c1-3-10(4-2)7-12-6-5-11(8-12)9-13/h5-6,8-10H,3-4,7H2,1-2H3. The molecule has 0 aliphatic heterocycles. The molecule has 1 rings (SSSR count). The van der Waals surface area contributed by atoms with E-state index in [9.17, 15) is 4.79 Å². The van der Waals surface area contributed by atoms with Gasteiger partial charge in [-0.15, -0.1) is 0 Å². The van der Waals surface area contributed by atoms with Crippen molar-refractivity contribution in [3.05, 3.63) is 24.0 Å². The molecule has 0 saturated carbocycles. The molecule has 1 aromatic rings. The molecule has 0 unspecified atom stereocenters. The van der Waals surface area contributed by atoms with Crippen LogP contribution in [-0.4, -0.2) is 10.9 Å². The van der Waals surface area contributed by atoms with E-state index < -0.39 is 0 Å². The van der Waals surface area contributed by atoms with E-state index in [1.54, 1.807) is 0 Å². The Hall–Kier alpha value is -1.05. The molecule has 0 radical (unpaired) electrons. The molecular weight excluding hydrogens is 162 g/mol. The molecule has 0 aromatic carbocycles. The van der Waals surface area contributed by atoms with E-state index in [0.717, 1.165) is 24.3 Å². The maximum atomic E-state index is 10.4. The Morgan fingerprint density at radius 2 is 2.15 bits per heavy atom. The summed E-state index contributed by atoms with van der Waals surface area (Å²) < 4.78 is 2.10. The van der Waals surface area contributed by atoms with Crippen molar-refractivity contribution in [3.63, 3.8) is 0 Å². The molecule has 0 fully saturated rings. The molecule has 0 atom stereocenters. The van der Waals surface area contributed by atoms with Crippen molar-refractivity contribution < 1.29 is 4.79 Å². The molecule has 0 aliphatic carbocycles. The van der Waals surface area contributed by atoms with Gasteiger partial charge in [0.1, 0.15) is 0 Å². The number of aromatic nitrogens is 1. The van der Waals surface area contributed by atoms with Gasteiger partial charge in [-0.2, -0.15) is 0 Å². The van der Waals surface area contributed by atoms with E-state index in [-0.39, 0.29) is 0 Å². The molecule has 13 heavy (non-hydrogen) atoms. The number of hydrogen-bond donors (Lipinski definition) is 0. The second kappa shape index (κ2) is 4.85. The first-order chi connectivity index (χ1) is 6.30. The zero-order valence-corrected chi connectivity index (χ0v) is 8.36. The lowest BCUT2D eigenvalue weighted by molar-refractivity contribution is 0.112. The van der Waals surface area contributed by atoms with Crippen LogP contribution in [0.15, 0.2) is 18.5 Å². The molecule has 1 aromatic heterocycles. The Morgan fingerprint density at radius 1 is 1.46 bits per heavy atom. The average molecular weight is 179 g/mol. The maximum Gasteiger partial charge on any atom is 0.151 e. The largest absolute Gasteiger partial charge is 0.353 e. The minimum Gasteiger partial charge on any atom is -0.353 e. The van der Waals surface area contributed by atoms with Crippen molar-refractivity contribution in [1.82, 2.24) is 4.57 Å². The van der Waals surface area contributed by atoms with Crippen LogP contribution < -0.4 is 0 Å². The van der Waals surface area contributed by atoms with Gasteiger partial charge in [-0.1, -0.05) is 26.7 Å². The van der Waals surface area contributed by atoms with Crippen LogP contribution in [0.5, 0.6) is 0 Å². The second-order valence-electron chi connectivity index (χ2n) is 3.44. The number of carbonyl (C=O) groups is 1. The van der Waals surface area contributed by atoms with Crippen molar-refractivity contribution in [2.75, 3.05) is 0 Å². The van der Waals surface area contributed by atoms with Gasteiger partial charge in [0.05, 0.1) is 0 Å². The van der Waals surface area contributed by atoms with Crippen molar-refractivity contribution in [1.29, 1.82) is 0 Å². The van der Waals surface area contributed by atoms with Crippen LogP contribution in [-0.2, 0) is 6.54 Å². The summed E-state index contributed by atoms with van der Waals surface area (Å²) in [6.07, 6.45) is 7.17. The lowest BCUT2D eigenvalue weighted by Crippen LogP contribution is -2.07. The highest BCUT2D eigenvalue weighted by Gasteiger charge is 2.04. The molecular formula is C11H17NO.